The van der Waals surface area contributed by atoms with E-state index in [1.807, 2.05) is 42.2 Å². The Bertz CT molecular complexity index is 700. The normalized spacial score (nSPS) is 16.3. The summed E-state index contributed by atoms with van der Waals surface area (Å²) in [6, 6.07) is 11.2. The third kappa shape index (κ3) is 4.68. The van der Waals surface area contributed by atoms with Crippen LogP contribution in [0.4, 0.5) is 0 Å². The van der Waals surface area contributed by atoms with Crippen LogP contribution < -0.4 is 9.47 Å². The number of rotatable bonds is 5. The first-order chi connectivity index (χ1) is 12.1. The molecule has 1 aliphatic rings. The molecule has 1 aromatic carbocycles. The van der Waals surface area contributed by atoms with Gasteiger partial charge in [0.15, 0.2) is 6.10 Å². The van der Waals surface area contributed by atoms with Crippen LogP contribution in [0.25, 0.3) is 0 Å². The van der Waals surface area contributed by atoms with E-state index in [4.69, 9.17) is 9.47 Å². The fraction of sp³-hybridized carbons (Fsp3) is 0.421. The van der Waals surface area contributed by atoms with Gasteiger partial charge in [0.25, 0.3) is 5.91 Å². The summed E-state index contributed by atoms with van der Waals surface area (Å²) < 4.78 is 11.6. The van der Waals surface area contributed by atoms with Gasteiger partial charge in [0.2, 0.25) is 5.88 Å². The molecular formula is C19H23N3O3. The van der Waals surface area contributed by atoms with Crippen molar-refractivity contribution in [1.29, 1.82) is 0 Å². The lowest BCUT2D eigenvalue weighted by molar-refractivity contribution is -0.139. The molecule has 2 heterocycles. The van der Waals surface area contributed by atoms with Gasteiger partial charge < -0.3 is 14.4 Å². The van der Waals surface area contributed by atoms with Crippen molar-refractivity contribution < 1.29 is 14.3 Å². The first kappa shape index (κ1) is 17.2. The Hall–Kier alpha value is -2.63. The van der Waals surface area contributed by atoms with Gasteiger partial charge in [-0.2, -0.15) is 4.98 Å². The lowest BCUT2D eigenvalue weighted by Crippen LogP contribution is -2.46. The molecule has 6 heteroatoms. The minimum Gasteiger partial charge on any atom is -0.481 e. The summed E-state index contributed by atoms with van der Waals surface area (Å²) in [5, 5.41) is 0. The van der Waals surface area contributed by atoms with Crippen LogP contribution in [-0.4, -0.2) is 46.1 Å². The fourth-order valence-electron chi connectivity index (χ4n) is 2.88. The topological polar surface area (TPSA) is 64.5 Å². The van der Waals surface area contributed by atoms with E-state index in [9.17, 15) is 4.79 Å². The number of likely N-dealkylation sites (tertiary alicyclic amines) is 1. The first-order valence-corrected chi connectivity index (χ1v) is 8.58. The highest BCUT2D eigenvalue weighted by molar-refractivity contribution is 5.81. The smallest absolute Gasteiger partial charge is 0.263 e. The van der Waals surface area contributed by atoms with E-state index in [2.05, 4.69) is 9.97 Å². The highest BCUT2D eigenvalue weighted by atomic mass is 16.5. The van der Waals surface area contributed by atoms with Crippen molar-refractivity contribution in [3.05, 3.63) is 48.4 Å². The minimum atomic E-state index is -0.496. The number of nitrogens with zero attached hydrogens (tertiary/aromatic N) is 3. The largest absolute Gasteiger partial charge is 0.481 e. The molecule has 6 nitrogen and oxygen atoms in total. The highest BCUT2D eigenvalue weighted by Crippen LogP contribution is 2.19. The summed E-state index contributed by atoms with van der Waals surface area (Å²) in [6.45, 7) is 4.95. The Labute approximate surface area is 147 Å². The number of amides is 1. The number of para-hydroxylation sites is 1. The summed E-state index contributed by atoms with van der Waals surface area (Å²) in [5.74, 6) is 2.01. The summed E-state index contributed by atoms with van der Waals surface area (Å²) in [4.78, 5) is 22.7. The maximum atomic E-state index is 12.6. The molecule has 0 saturated carbocycles. The molecule has 0 bridgehead atoms. The molecule has 0 radical (unpaired) electrons. The van der Waals surface area contributed by atoms with Crippen molar-refractivity contribution in [2.45, 2.75) is 38.9 Å². The minimum absolute atomic E-state index is 0.0141. The number of benzene rings is 1. The van der Waals surface area contributed by atoms with E-state index in [1.54, 1.807) is 19.2 Å². The van der Waals surface area contributed by atoms with Gasteiger partial charge in [-0.05, 0) is 26.0 Å². The number of aromatic nitrogens is 2. The number of aryl methyl sites for hydroxylation is 1. The number of carbonyl (C=O) groups excluding carboxylic acids is 1. The molecule has 0 spiro atoms. The average molecular weight is 341 g/mol. The monoisotopic (exact) mass is 341 g/mol. The van der Waals surface area contributed by atoms with Crippen LogP contribution in [0, 0.1) is 6.92 Å². The standard InChI is InChI=1S/C19H23N3O3/c1-14(24-16-6-4-3-5-7-16)19(23)22-12-9-17(10-13-22)25-18-8-11-20-15(2)21-18/h3-8,11,14,17H,9-10,12-13H2,1-2H3. The number of piperidine rings is 1. The Morgan fingerprint density at radius 1 is 1.20 bits per heavy atom. The second-order valence-corrected chi connectivity index (χ2v) is 6.16. The van der Waals surface area contributed by atoms with Crippen molar-refractivity contribution in [3.8, 4) is 11.6 Å². The number of hydrogen-bond donors (Lipinski definition) is 0. The van der Waals surface area contributed by atoms with E-state index < -0.39 is 6.10 Å². The van der Waals surface area contributed by atoms with Crippen LogP contribution in [0.3, 0.4) is 0 Å². The van der Waals surface area contributed by atoms with E-state index >= 15 is 0 Å². The number of carbonyl (C=O) groups is 1. The van der Waals surface area contributed by atoms with Crippen molar-refractivity contribution in [3.63, 3.8) is 0 Å². The lowest BCUT2D eigenvalue weighted by atomic mass is 10.1. The number of hydrogen-bond acceptors (Lipinski definition) is 5. The van der Waals surface area contributed by atoms with E-state index in [-0.39, 0.29) is 12.0 Å². The summed E-state index contributed by atoms with van der Waals surface area (Å²) in [7, 11) is 0. The van der Waals surface area contributed by atoms with Gasteiger partial charge in [0.05, 0.1) is 0 Å². The molecule has 1 fully saturated rings. The fourth-order valence-corrected chi connectivity index (χ4v) is 2.88. The summed E-state index contributed by atoms with van der Waals surface area (Å²) >= 11 is 0. The van der Waals surface area contributed by atoms with Gasteiger partial charge in [-0.15, -0.1) is 0 Å². The van der Waals surface area contributed by atoms with Crippen LogP contribution in [0.5, 0.6) is 11.6 Å². The van der Waals surface area contributed by atoms with Crippen LogP contribution >= 0.6 is 0 Å². The molecule has 132 valence electrons. The van der Waals surface area contributed by atoms with E-state index in [0.29, 0.717) is 30.5 Å². The molecule has 0 N–H and O–H groups in total. The third-order valence-corrected chi connectivity index (χ3v) is 4.20. The maximum Gasteiger partial charge on any atom is 0.263 e. The Morgan fingerprint density at radius 3 is 2.60 bits per heavy atom. The summed E-state index contributed by atoms with van der Waals surface area (Å²) in [5.41, 5.74) is 0. The maximum absolute atomic E-state index is 12.6. The lowest BCUT2D eigenvalue weighted by Gasteiger charge is -2.33. The molecule has 2 aromatic rings. The second-order valence-electron chi connectivity index (χ2n) is 6.16. The molecule has 1 atom stereocenters. The molecule has 1 aromatic heterocycles. The SMILES string of the molecule is Cc1nccc(OC2CCN(C(=O)C(C)Oc3ccccc3)CC2)n1. The zero-order valence-electron chi connectivity index (χ0n) is 14.6. The Kier molecular flexibility index (Phi) is 5.48. The molecule has 25 heavy (non-hydrogen) atoms. The zero-order chi connectivity index (χ0) is 17.6. The van der Waals surface area contributed by atoms with Gasteiger partial charge >= 0.3 is 0 Å². The predicted molar refractivity (Wildman–Crippen MR) is 93.5 cm³/mol. The Morgan fingerprint density at radius 2 is 1.92 bits per heavy atom. The van der Waals surface area contributed by atoms with Crippen LogP contribution in [0.15, 0.2) is 42.6 Å². The van der Waals surface area contributed by atoms with E-state index in [0.717, 1.165) is 12.8 Å². The molecule has 1 saturated heterocycles. The molecule has 0 aliphatic carbocycles. The van der Waals surface area contributed by atoms with Gasteiger partial charge in [-0.25, -0.2) is 4.98 Å². The molecule has 3 rings (SSSR count). The molecule has 1 aliphatic heterocycles. The van der Waals surface area contributed by atoms with Gasteiger partial charge in [0, 0.05) is 38.2 Å². The quantitative estimate of drug-likeness (QED) is 0.836. The van der Waals surface area contributed by atoms with Crippen LogP contribution in [0.1, 0.15) is 25.6 Å². The van der Waals surface area contributed by atoms with Crippen molar-refractivity contribution in [2.75, 3.05) is 13.1 Å². The molecule has 1 unspecified atom stereocenters. The van der Waals surface area contributed by atoms with Crippen molar-refractivity contribution in [1.82, 2.24) is 14.9 Å². The number of ether oxygens (including phenoxy) is 2. The van der Waals surface area contributed by atoms with Gasteiger partial charge in [0.1, 0.15) is 17.7 Å². The average Bonchev–Trinajstić information content (AvgIpc) is 2.62. The molecular weight excluding hydrogens is 318 g/mol. The van der Waals surface area contributed by atoms with Gasteiger partial charge in [-0.3, -0.25) is 4.79 Å². The van der Waals surface area contributed by atoms with Crippen LogP contribution in [0.2, 0.25) is 0 Å². The molecule has 1 amide bonds. The Balaban J connectivity index is 1.49. The van der Waals surface area contributed by atoms with Gasteiger partial charge in [-0.1, -0.05) is 18.2 Å². The third-order valence-electron chi connectivity index (χ3n) is 4.20. The second kappa shape index (κ2) is 7.96. The zero-order valence-corrected chi connectivity index (χ0v) is 14.6. The van der Waals surface area contributed by atoms with Crippen LogP contribution in [-0.2, 0) is 4.79 Å². The van der Waals surface area contributed by atoms with Crippen molar-refractivity contribution in [2.24, 2.45) is 0 Å². The van der Waals surface area contributed by atoms with Crippen molar-refractivity contribution >= 4 is 5.91 Å². The van der Waals surface area contributed by atoms with E-state index in [1.165, 1.54) is 0 Å². The summed E-state index contributed by atoms with van der Waals surface area (Å²) in [6.07, 6.45) is 2.84. The predicted octanol–water partition coefficient (Wildman–Crippen LogP) is 2.62. The first-order valence-electron chi connectivity index (χ1n) is 8.58. The highest BCUT2D eigenvalue weighted by Gasteiger charge is 2.28.